The zero-order valence-corrected chi connectivity index (χ0v) is 64.9. The Labute approximate surface area is 550 Å². The van der Waals surface area contributed by atoms with Crippen molar-refractivity contribution in [1.82, 2.24) is 58.5 Å². The molecule has 0 aromatic carbocycles. The molecule has 0 aliphatic heterocycles. The first-order valence-electron chi connectivity index (χ1n) is 33.1. The van der Waals surface area contributed by atoms with Gasteiger partial charge in [-0.3, -0.25) is 14.4 Å². The predicted molar refractivity (Wildman–Crippen MR) is 370 cm³/mol. The molecule has 538 valence electrons. The van der Waals surface area contributed by atoms with Crippen molar-refractivity contribution in [2.75, 3.05) is 82.1 Å². The smallest absolute Gasteiger partial charge is 0.344 e. The lowest BCUT2D eigenvalue weighted by atomic mass is 9.86. The molecule has 90 heavy (non-hydrogen) atoms. The number of carbonyl (C=O) groups is 3. The number of halogens is 3. The van der Waals surface area contributed by atoms with Crippen LogP contribution in [-0.2, 0) is 34.8 Å². The number of hydrogen-bond donors (Lipinski definition) is 5. The first kappa shape index (κ1) is 89.8. The van der Waals surface area contributed by atoms with Crippen LogP contribution in [0.3, 0.4) is 0 Å². The molecule has 0 radical (unpaired) electrons. The molecule has 24 heteroatoms. The van der Waals surface area contributed by atoms with Crippen LogP contribution in [0, 0.1) is 33.0 Å². The molecule has 5 atom stereocenters. The highest BCUT2D eigenvalue weighted by molar-refractivity contribution is 7.87. The maximum Gasteiger partial charge on any atom is 0.471 e. The zero-order valence-electron chi connectivity index (χ0n) is 63.2. The number of carbonyl (C=O) groups excluding carboxylic acids is 3. The number of likely N-dealkylation sites (N-methyl/N-ethyl adjacent to an activating group) is 4. The van der Waals surface area contributed by atoms with E-state index in [0.29, 0.717) is 61.2 Å². The van der Waals surface area contributed by atoms with E-state index in [1.165, 1.54) is 20.0 Å². The van der Waals surface area contributed by atoms with Crippen molar-refractivity contribution < 1.29 is 44.4 Å². The van der Waals surface area contributed by atoms with Crippen molar-refractivity contribution in [1.29, 1.82) is 0 Å². The summed E-state index contributed by atoms with van der Waals surface area (Å²) in [6.07, 6.45) is 1.28. The third-order valence-electron chi connectivity index (χ3n) is 16.0. The van der Waals surface area contributed by atoms with E-state index < -0.39 is 32.5 Å². The molecule has 0 unspecified atom stereocenters. The van der Waals surface area contributed by atoms with Gasteiger partial charge in [-0.25, -0.2) is 0 Å². The molecule has 3 amide bonds. The molecule has 3 aliphatic carbocycles. The van der Waals surface area contributed by atoms with E-state index >= 15 is 0 Å². The highest BCUT2D eigenvalue weighted by atomic mass is 32.2. The first-order chi connectivity index (χ1) is 40.1. The van der Waals surface area contributed by atoms with E-state index in [2.05, 4.69) is 165 Å². The zero-order chi connectivity index (χ0) is 71.6. The molecule has 3 saturated carbocycles. The van der Waals surface area contributed by atoms with Crippen LogP contribution in [0.15, 0.2) is 0 Å². The minimum Gasteiger partial charge on any atom is -0.344 e. The van der Waals surface area contributed by atoms with Crippen molar-refractivity contribution >= 4 is 38.1 Å². The van der Waals surface area contributed by atoms with Crippen LogP contribution >= 0.6 is 0 Å². The fraction of sp³-hybridized carbons (Fsp3) is 0.955. The van der Waals surface area contributed by atoms with Gasteiger partial charge in [0.1, 0.15) is 0 Å². The molecule has 0 aromatic rings. The fourth-order valence-electron chi connectivity index (χ4n) is 9.26. The second-order valence-corrected chi connectivity index (χ2v) is 37.1. The lowest BCUT2D eigenvalue weighted by Crippen LogP contribution is -2.54. The maximum absolute atomic E-state index is 12.5. The van der Waals surface area contributed by atoms with E-state index in [4.69, 9.17) is 0 Å². The molecule has 19 nitrogen and oxygen atoms in total. The SMILES string of the molecule is CC(=O)N(C)C[C@@H](NC(C)C)C(C)(C)C.CC(C)N[C@H](CN(C)C(=O)C(F)(F)F)C(C)(C)C.CC(C)N[C@H](CN(C)C(=O)C1CC1)C(C)(C)C.CC(C)N[C@H](CN(C)S(=O)(=O)N(C)C1CC1)C(C)(C)C.CC(C)N[C@H](CN(C1CC1)S(=O)(=O)N(C)C)C(C)(C)C. The van der Waals surface area contributed by atoms with E-state index in [1.807, 2.05) is 53.6 Å². The quantitative estimate of drug-likeness (QED) is 0.0522. The average molecular weight is 1330 g/mol. The Kier molecular flexibility index (Phi) is 37.2. The molecular formula is C66H139F3N12O7S2. The normalized spacial score (nSPS) is 17.3. The van der Waals surface area contributed by atoms with Crippen LogP contribution in [0.1, 0.15) is 219 Å². The highest BCUT2D eigenvalue weighted by Gasteiger charge is 2.44. The fourth-order valence-corrected chi connectivity index (χ4v) is 12.0. The van der Waals surface area contributed by atoms with Gasteiger partial charge in [-0.2, -0.15) is 47.2 Å². The van der Waals surface area contributed by atoms with Gasteiger partial charge >= 0.3 is 12.1 Å². The van der Waals surface area contributed by atoms with Gasteiger partial charge in [-0.1, -0.05) is 173 Å². The standard InChI is InChI=1S/2C14H31N3O2S.C14H28N2O.C12H23F3N2O.C12H26N2O/c1-11(2)15-13(14(3,4)5)10-16(6)20(18,19)17(7)12-8-9-12;1-11(2)15-13(14(3,4)5)10-17(12-8-9-12)20(18,19)16(6)7;1-10(2)15-12(14(3,4)5)9-16(6)13(17)11-7-8-11;1-8(2)16-9(11(3,4)5)7-17(6)10(18)12(13,14)15;1-9(2)13-11(12(4,5)6)8-14(7)10(3)15/h2*11-13,15H,8-10H2,1-7H3;10-12,15H,7-9H2,1-6H3;8-9,16H,7H2,1-6H3;9,11,13H,8H2,1-7H3/t2*13-;12-;9-;11-/m11111/s1. The highest BCUT2D eigenvalue weighted by Crippen LogP contribution is 2.34. The van der Waals surface area contributed by atoms with Crippen molar-refractivity contribution in [3.8, 4) is 0 Å². The van der Waals surface area contributed by atoms with Gasteiger partial charge in [0, 0.05) is 167 Å². The molecule has 0 bridgehead atoms. The summed E-state index contributed by atoms with van der Waals surface area (Å²) < 4.78 is 92.8. The Balaban J connectivity index is 0. The summed E-state index contributed by atoms with van der Waals surface area (Å²) in [6, 6.07) is 2.80. The number of alkyl halides is 3. The van der Waals surface area contributed by atoms with Crippen molar-refractivity contribution in [3.63, 3.8) is 0 Å². The minimum atomic E-state index is -4.81. The van der Waals surface area contributed by atoms with E-state index in [-0.39, 0.29) is 75.8 Å². The van der Waals surface area contributed by atoms with Gasteiger partial charge < -0.3 is 41.3 Å². The maximum atomic E-state index is 12.5. The largest absolute Gasteiger partial charge is 0.471 e. The number of hydrogen-bond acceptors (Lipinski definition) is 12. The van der Waals surface area contributed by atoms with Crippen LogP contribution < -0.4 is 26.6 Å². The van der Waals surface area contributed by atoms with Crippen molar-refractivity contribution in [2.45, 2.75) is 297 Å². The van der Waals surface area contributed by atoms with Gasteiger partial charge in [0.15, 0.2) is 0 Å². The van der Waals surface area contributed by atoms with Gasteiger partial charge in [0.25, 0.3) is 20.4 Å². The number of nitrogens with one attached hydrogen (secondary N) is 5. The summed E-state index contributed by atoms with van der Waals surface area (Å²) >= 11 is 0. The molecule has 0 saturated heterocycles. The summed E-state index contributed by atoms with van der Waals surface area (Å²) in [5.74, 6) is -1.04. The van der Waals surface area contributed by atoms with Gasteiger partial charge in [-0.15, -0.1) is 0 Å². The Morgan fingerprint density at radius 2 is 0.689 bits per heavy atom. The predicted octanol–water partition coefficient (Wildman–Crippen LogP) is 9.90. The Morgan fingerprint density at radius 1 is 0.411 bits per heavy atom. The number of nitrogens with zero attached hydrogens (tertiary/aromatic N) is 7. The van der Waals surface area contributed by atoms with Crippen molar-refractivity contribution in [2.24, 2.45) is 33.0 Å². The van der Waals surface area contributed by atoms with E-state index in [1.54, 1.807) is 44.3 Å². The summed E-state index contributed by atoms with van der Waals surface area (Å²) in [4.78, 5) is 38.6. The summed E-state index contributed by atoms with van der Waals surface area (Å²) in [7, 11) is 4.85. The molecule has 0 aromatic heterocycles. The van der Waals surface area contributed by atoms with Crippen LogP contribution in [0.25, 0.3) is 0 Å². The summed E-state index contributed by atoms with van der Waals surface area (Å²) in [6.45, 7) is 56.9. The average Bonchev–Trinajstić information content (AvgIpc) is 1.76. The minimum absolute atomic E-state index is 0.00615. The first-order valence-corrected chi connectivity index (χ1v) is 35.9. The van der Waals surface area contributed by atoms with E-state index in [9.17, 15) is 44.4 Å². The number of rotatable bonds is 27. The van der Waals surface area contributed by atoms with Gasteiger partial charge in [0.05, 0.1) is 0 Å². The van der Waals surface area contributed by atoms with Gasteiger partial charge in [0.2, 0.25) is 11.8 Å². The summed E-state index contributed by atoms with van der Waals surface area (Å²) in [5.41, 5.74) is 0.117. The molecule has 3 fully saturated rings. The van der Waals surface area contributed by atoms with Crippen LogP contribution in [0.4, 0.5) is 13.2 Å². The van der Waals surface area contributed by atoms with Crippen LogP contribution in [-0.4, -0.2) is 227 Å². The second-order valence-electron chi connectivity index (χ2n) is 32.9. The third kappa shape index (κ3) is 36.0. The molecule has 0 heterocycles. The Hall–Kier alpha value is -2.26. The second kappa shape index (κ2) is 37.3. The molecule has 0 spiro atoms. The Morgan fingerprint density at radius 3 is 0.933 bits per heavy atom. The Bertz CT molecular complexity index is 2300. The van der Waals surface area contributed by atoms with Crippen LogP contribution in [0.2, 0.25) is 0 Å². The molecule has 5 N–H and O–H groups in total. The lowest BCUT2D eigenvalue weighted by Gasteiger charge is -2.37. The van der Waals surface area contributed by atoms with Crippen LogP contribution in [0.5, 0.6) is 0 Å². The van der Waals surface area contributed by atoms with Gasteiger partial charge in [-0.05, 0) is 65.6 Å². The van der Waals surface area contributed by atoms with Crippen molar-refractivity contribution in [3.05, 3.63) is 0 Å². The molecule has 3 rings (SSSR count). The lowest BCUT2D eigenvalue weighted by molar-refractivity contribution is -0.184. The van der Waals surface area contributed by atoms with E-state index in [0.717, 1.165) is 56.5 Å². The number of amides is 3. The topological polar surface area (TPSA) is 202 Å². The molecule has 3 aliphatic rings. The monoisotopic (exact) mass is 1330 g/mol. The third-order valence-corrected chi connectivity index (χ3v) is 20.0. The molecular weight excluding hydrogens is 1190 g/mol. The summed E-state index contributed by atoms with van der Waals surface area (Å²) in [5, 5.41) is 17.3.